The Labute approximate surface area is 99.0 Å². The smallest absolute Gasteiger partial charge is 0.0469 e. The van der Waals surface area contributed by atoms with Gasteiger partial charge in [-0.05, 0) is 31.9 Å². The van der Waals surface area contributed by atoms with E-state index in [0.29, 0.717) is 12.0 Å². The van der Waals surface area contributed by atoms with Crippen molar-refractivity contribution >= 4 is 0 Å². The van der Waals surface area contributed by atoms with Crippen molar-refractivity contribution < 1.29 is 4.74 Å². The molecule has 1 rings (SSSR count). The van der Waals surface area contributed by atoms with Crippen LogP contribution in [0.25, 0.3) is 0 Å². The standard InChI is InChI=1S/C14H23NO/c1-4-16-11-10-12(2)14(15-3)13-8-6-5-7-9-13/h5-9,12,14-15H,4,10-11H2,1-3H3. The summed E-state index contributed by atoms with van der Waals surface area (Å²) in [5, 5.41) is 3.39. The number of hydrogen-bond acceptors (Lipinski definition) is 2. The summed E-state index contributed by atoms with van der Waals surface area (Å²) in [6.07, 6.45) is 1.09. The fourth-order valence-electron chi connectivity index (χ4n) is 2.02. The van der Waals surface area contributed by atoms with Gasteiger partial charge in [0, 0.05) is 19.3 Å². The minimum atomic E-state index is 0.418. The minimum Gasteiger partial charge on any atom is -0.382 e. The Morgan fingerprint density at radius 3 is 2.50 bits per heavy atom. The molecular formula is C14H23NO. The molecule has 0 radical (unpaired) electrons. The monoisotopic (exact) mass is 221 g/mol. The quantitative estimate of drug-likeness (QED) is 0.715. The lowest BCUT2D eigenvalue weighted by Crippen LogP contribution is -2.24. The molecule has 0 aromatic heterocycles. The van der Waals surface area contributed by atoms with Crippen molar-refractivity contribution in [1.82, 2.24) is 5.32 Å². The fraction of sp³-hybridized carbons (Fsp3) is 0.571. The van der Waals surface area contributed by atoms with Crippen LogP contribution in [0.4, 0.5) is 0 Å². The highest BCUT2D eigenvalue weighted by Crippen LogP contribution is 2.23. The van der Waals surface area contributed by atoms with Gasteiger partial charge in [-0.3, -0.25) is 0 Å². The fourth-order valence-corrected chi connectivity index (χ4v) is 2.02. The van der Waals surface area contributed by atoms with Gasteiger partial charge in [-0.15, -0.1) is 0 Å². The van der Waals surface area contributed by atoms with E-state index in [1.54, 1.807) is 0 Å². The summed E-state index contributed by atoms with van der Waals surface area (Å²) in [6, 6.07) is 11.0. The van der Waals surface area contributed by atoms with Crippen LogP contribution in [0, 0.1) is 5.92 Å². The van der Waals surface area contributed by atoms with E-state index in [-0.39, 0.29) is 0 Å². The summed E-state index contributed by atoms with van der Waals surface area (Å²) >= 11 is 0. The van der Waals surface area contributed by atoms with E-state index in [4.69, 9.17) is 4.74 Å². The van der Waals surface area contributed by atoms with E-state index >= 15 is 0 Å². The van der Waals surface area contributed by atoms with Crippen LogP contribution in [-0.4, -0.2) is 20.3 Å². The van der Waals surface area contributed by atoms with Gasteiger partial charge < -0.3 is 10.1 Å². The number of nitrogens with one attached hydrogen (secondary N) is 1. The van der Waals surface area contributed by atoms with E-state index in [1.807, 2.05) is 14.0 Å². The van der Waals surface area contributed by atoms with Crippen LogP contribution < -0.4 is 5.32 Å². The molecule has 0 fully saturated rings. The van der Waals surface area contributed by atoms with Crippen LogP contribution in [0.15, 0.2) is 30.3 Å². The molecule has 2 nitrogen and oxygen atoms in total. The predicted molar refractivity (Wildman–Crippen MR) is 68.5 cm³/mol. The van der Waals surface area contributed by atoms with Gasteiger partial charge in [0.15, 0.2) is 0 Å². The molecule has 0 amide bonds. The molecule has 0 saturated carbocycles. The van der Waals surface area contributed by atoms with Gasteiger partial charge in [-0.2, -0.15) is 0 Å². The molecule has 0 spiro atoms. The molecule has 0 saturated heterocycles. The van der Waals surface area contributed by atoms with Crippen LogP contribution in [0.1, 0.15) is 31.9 Å². The van der Waals surface area contributed by atoms with Crippen LogP contribution >= 0.6 is 0 Å². The Kier molecular flexibility index (Phi) is 6.12. The first-order valence-electron chi connectivity index (χ1n) is 6.09. The summed E-state index contributed by atoms with van der Waals surface area (Å²) in [5.41, 5.74) is 1.36. The lowest BCUT2D eigenvalue weighted by molar-refractivity contribution is 0.128. The highest BCUT2D eigenvalue weighted by atomic mass is 16.5. The van der Waals surface area contributed by atoms with Crippen molar-refractivity contribution in [3.63, 3.8) is 0 Å². The Morgan fingerprint density at radius 1 is 1.25 bits per heavy atom. The molecule has 2 heteroatoms. The predicted octanol–water partition coefficient (Wildman–Crippen LogP) is 3.01. The van der Waals surface area contributed by atoms with E-state index in [0.717, 1.165) is 19.6 Å². The van der Waals surface area contributed by atoms with Gasteiger partial charge in [-0.25, -0.2) is 0 Å². The Balaban J connectivity index is 2.53. The van der Waals surface area contributed by atoms with Crippen LogP contribution in [0.3, 0.4) is 0 Å². The second-order valence-corrected chi connectivity index (χ2v) is 4.14. The Hall–Kier alpha value is -0.860. The maximum absolute atomic E-state index is 5.41. The topological polar surface area (TPSA) is 21.3 Å². The van der Waals surface area contributed by atoms with Gasteiger partial charge >= 0.3 is 0 Å². The van der Waals surface area contributed by atoms with Gasteiger partial charge in [0.25, 0.3) is 0 Å². The summed E-state index contributed by atoms with van der Waals surface area (Å²) in [7, 11) is 2.02. The second-order valence-electron chi connectivity index (χ2n) is 4.14. The van der Waals surface area contributed by atoms with Gasteiger partial charge in [0.2, 0.25) is 0 Å². The first-order chi connectivity index (χ1) is 7.79. The Bertz CT molecular complexity index is 273. The normalized spacial score (nSPS) is 14.7. The number of hydrogen-bond donors (Lipinski definition) is 1. The molecule has 2 unspecified atom stereocenters. The average Bonchev–Trinajstić information content (AvgIpc) is 2.32. The van der Waals surface area contributed by atoms with Crippen molar-refractivity contribution in [3.8, 4) is 0 Å². The molecule has 2 atom stereocenters. The third-order valence-electron chi connectivity index (χ3n) is 2.96. The minimum absolute atomic E-state index is 0.418. The molecule has 0 aliphatic heterocycles. The average molecular weight is 221 g/mol. The second kappa shape index (κ2) is 7.42. The molecule has 0 bridgehead atoms. The molecule has 1 N–H and O–H groups in total. The third-order valence-corrected chi connectivity index (χ3v) is 2.96. The summed E-state index contributed by atoms with van der Waals surface area (Å²) < 4.78 is 5.41. The first-order valence-corrected chi connectivity index (χ1v) is 6.09. The molecule has 90 valence electrons. The first kappa shape index (κ1) is 13.2. The van der Waals surface area contributed by atoms with Crippen molar-refractivity contribution in [2.45, 2.75) is 26.3 Å². The molecule has 0 aliphatic rings. The maximum atomic E-state index is 5.41. The maximum Gasteiger partial charge on any atom is 0.0469 e. The highest BCUT2D eigenvalue weighted by Gasteiger charge is 2.16. The van der Waals surface area contributed by atoms with Crippen molar-refractivity contribution in [2.75, 3.05) is 20.3 Å². The molecule has 1 aromatic carbocycles. The summed E-state index contributed by atoms with van der Waals surface area (Å²) in [6.45, 7) is 5.97. The van der Waals surface area contributed by atoms with Gasteiger partial charge in [0.1, 0.15) is 0 Å². The van der Waals surface area contributed by atoms with Crippen molar-refractivity contribution in [3.05, 3.63) is 35.9 Å². The zero-order valence-corrected chi connectivity index (χ0v) is 10.6. The van der Waals surface area contributed by atoms with Crippen molar-refractivity contribution in [1.29, 1.82) is 0 Å². The van der Waals surface area contributed by atoms with Crippen molar-refractivity contribution in [2.24, 2.45) is 5.92 Å². The molecule has 0 aliphatic carbocycles. The highest BCUT2D eigenvalue weighted by molar-refractivity contribution is 5.19. The zero-order valence-electron chi connectivity index (χ0n) is 10.6. The lowest BCUT2D eigenvalue weighted by atomic mass is 9.92. The molecule has 16 heavy (non-hydrogen) atoms. The number of benzene rings is 1. The number of ether oxygens (including phenoxy) is 1. The van der Waals surface area contributed by atoms with Crippen LogP contribution in [0.5, 0.6) is 0 Å². The van der Waals surface area contributed by atoms with Gasteiger partial charge in [-0.1, -0.05) is 37.3 Å². The zero-order chi connectivity index (χ0) is 11.8. The SMILES string of the molecule is CCOCCC(C)C(NC)c1ccccc1. The third kappa shape index (κ3) is 3.95. The van der Waals surface area contributed by atoms with E-state index < -0.39 is 0 Å². The van der Waals surface area contributed by atoms with Gasteiger partial charge in [0.05, 0.1) is 0 Å². The largest absolute Gasteiger partial charge is 0.382 e. The molecule has 1 aromatic rings. The number of rotatable bonds is 7. The van der Waals surface area contributed by atoms with E-state index in [9.17, 15) is 0 Å². The summed E-state index contributed by atoms with van der Waals surface area (Å²) in [5.74, 6) is 0.582. The van der Waals surface area contributed by atoms with Crippen LogP contribution in [0.2, 0.25) is 0 Å². The molecule has 0 heterocycles. The van der Waals surface area contributed by atoms with E-state index in [2.05, 4.69) is 42.6 Å². The lowest BCUT2D eigenvalue weighted by Gasteiger charge is -2.24. The summed E-state index contributed by atoms with van der Waals surface area (Å²) in [4.78, 5) is 0. The Morgan fingerprint density at radius 2 is 1.94 bits per heavy atom. The van der Waals surface area contributed by atoms with Crippen LogP contribution in [-0.2, 0) is 4.74 Å². The van der Waals surface area contributed by atoms with E-state index in [1.165, 1.54) is 5.56 Å². The molecular weight excluding hydrogens is 198 g/mol.